The van der Waals surface area contributed by atoms with Gasteiger partial charge in [0.2, 0.25) is 0 Å². The summed E-state index contributed by atoms with van der Waals surface area (Å²) in [5.74, 6) is -2.41. The number of carbonyl (C=O) groups is 2. The van der Waals surface area contributed by atoms with Crippen LogP contribution in [0.4, 0.5) is 0 Å². The molecule has 9 heteroatoms. The molecule has 0 heterocycles. The molecule has 0 aromatic carbocycles. The van der Waals surface area contributed by atoms with Gasteiger partial charge in [-0.15, -0.1) is 0 Å². The number of rotatable bonds is 10. The molecule has 0 saturated carbocycles. The molecule has 0 aliphatic heterocycles. The Balaban J connectivity index is -0.000000256. The van der Waals surface area contributed by atoms with Crippen LogP contribution >= 0.6 is 0 Å². The minimum Gasteiger partial charge on any atom is -0.548 e. The predicted octanol–water partition coefficient (Wildman–Crippen LogP) is -3.58. The molecule has 19 heavy (non-hydrogen) atoms. The molecule has 0 spiro atoms. The van der Waals surface area contributed by atoms with E-state index in [0.717, 1.165) is 0 Å². The molecule has 0 aliphatic carbocycles. The van der Waals surface area contributed by atoms with E-state index >= 15 is 0 Å². The zero-order valence-electron chi connectivity index (χ0n) is 11.2. The van der Waals surface area contributed by atoms with Crippen molar-refractivity contribution in [3.8, 4) is 0 Å². The molecule has 0 unspecified atom stereocenters. The maximum absolute atomic E-state index is 9.69. The van der Waals surface area contributed by atoms with Gasteiger partial charge in [-0.25, -0.2) is 0 Å². The monoisotopic (exact) mass is 306 g/mol. The Morgan fingerprint density at radius 2 is 1.11 bits per heavy atom. The van der Waals surface area contributed by atoms with Crippen molar-refractivity contribution >= 4 is 49.7 Å². The van der Waals surface area contributed by atoms with Gasteiger partial charge in [0.25, 0.3) is 0 Å². The second kappa shape index (κ2) is 20.4. The molecule has 0 fully saturated rings. The predicted molar refractivity (Wildman–Crippen MR) is 61.2 cm³/mol. The van der Waals surface area contributed by atoms with E-state index < -0.39 is 11.9 Å². The number of ether oxygens (including phenoxy) is 4. The Morgan fingerprint density at radius 1 is 0.789 bits per heavy atom. The molecule has 108 valence electrons. The van der Waals surface area contributed by atoms with Gasteiger partial charge in [-0.05, 0) is 0 Å². The maximum Gasteiger partial charge on any atom is 2.00 e. The van der Waals surface area contributed by atoms with Crippen LogP contribution < -0.4 is 10.2 Å². The van der Waals surface area contributed by atoms with Crippen molar-refractivity contribution in [3.05, 3.63) is 0 Å². The quantitative estimate of drug-likeness (QED) is 0.300. The standard InChI is InChI=1S/2C5H10O4.Ca/c2*1-8-2-3-9-4-5(6)7;/h2*2-4H2,1H3,(H,6,7);/q;;+2/p-2. The Kier molecular flexibility index (Phi) is 25.8. The second-order valence-electron chi connectivity index (χ2n) is 2.83. The smallest absolute Gasteiger partial charge is 0.548 e. The molecule has 0 aromatic heterocycles. The van der Waals surface area contributed by atoms with Gasteiger partial charge in [0.15, 0.2) is 0 Å². The van der Waals surface area contributed by atoms with Crippen LogP contribution in [0.1, 0.15) is 0 Å². The van der Waals surface area contributed by atoms with E-state index in [2.05, 4.69) is 18.9 Å². The van der Waals surface area contributed by atoms with Crippen molar-refractivity contribution in [3.63, 3.8) is 0 Å². The molecule has 8 nitrogen and oxygen atoms in total. The Bertz CT molecular complexity index is 190. The average molecular weight is 306 g/mol. The minimum absolute atomic E-state index is 0. The van der Waals surface area contributed by atoms with Crippen LogP contribution in [0.5, 0.6) is 0 Å². The Morgan fingerprint density at radius 3 is 1.32 bits per heavy atom. The first-order chi connectivity index (χ1) is 8.54. The third-order valence-corrected chi connectivity index (χ3v) is 1.30. The summed E-state index contributed by atoms with van der Waals surface area (Å²) in [6, 6.07) is 0. The van der Waals surface area contributed by atoms with Crippen LogP contribution in [0.25, 0.3) is 0 Å². The number of methoxy groups -OCH3 is 2. The van der Waals surface area contributed by atoms with Crippen molar-refractivity contribution in [2.24, 2.45) is 0 Å². The van der Waals surface area contributed by atoms with Crippen LogP contribution in [-0.2, 0) is 28.5 Å². The second-order valence-corrected chi connectivity index (χ2v) is 2.83. The average Bonchev–Trinajstić information content (AvgIpc) is 2.31. The summed E-state index contributed by atoms with van der Waals surface area (Å²) in [7, 11) is 3.03. The van der Waals surface area contributed by atoms with Gasteiger partial charge in [-0.1, -0.05) is 0 Å². The topological polar surface area (TPSA) is 117 Å². The summed E-state index contributed by atoms with van der Waals surface area (Å²) in [5.41, 5.74) is 0. The fourth-order valence-electron chi connectivity index (χ4n) is 0.596. The molecule has 0 aromatic rings. The molecular formula is C10H18CaO8. The zero-order chi connectivity index (χ0) is 14.2. The first kappa shape index (κ1) is 24.1. The van der Waals surface area contributed by atoms with Gasteiger partial charge < -0.3 is 38.7 Å². The maximum atomic E-state index is 9.69. The number of carbonyl (C=O) groups excluding carboxylic acids is 2. The van der Waals surface area contributed by atoms with Crippen molar-refractivity contribution < 1.29 is 38.7 Å². The SMILES string of the molecule is COCCOCC(=O)[O-].COCCOCC(=O)[O-].[Ca+2]. The summed E-state index contributed by atoms with van der Waals surface area (Å²) in [5, 5.41) is 19.4. The van der Waals surface area contributed by atoms with Crippen molar-refractivity contribution in [1.29, 1.82) is 0 Å². The third-order valence-electron chi connectivity index (χ3n) is 1.30. The van der Waals surface area contributed by atoms with Gasteiger partial charge in [-0.3, -0.25) is 0 Å². The largest absolute Gasteiger partial charge is 2.00 e. The Labute approximate surface area is 142 Å². The Hall–Kier alpha value is 0.0397. The number of hydrogen-bond donors (Lipinski definition) is 0. The van der Waals surface area contributed by atoms with Gasteiger partial charge in [0, 0.05) is 14.2 Å². The number of carboxylic acid groups (broad SMARTS) is 2. The van der Waals surface area contributed by atoms with Crippen molar-refractivity contribution in [2.75, 3.05) is 53.9 Å². The van der Waals surface area contributed by atoms with E-state index in [-0.39, 0.29) is 51.0 Å². The summed E-state index contributed by atoms with van der Waals surface area (Å²) < 4.78 is 18.3. The van der Waals surface area contributed by atoms with Crippen LogP contribution in [0, 0.1) is 0 Å². The van der Waals surface area contributed by atoms with Gasteiger partial charge in [0.1, 0.15) is 0 Å². The first-order valence-electron chi connectivity index (χ1n) is 5.07. The number of aliphatic carboxylic acids is 2. The van der Waals surface area contributed by atoms with Crippen LogP contribution in [-0.4, -0.2) is 104 Å². The summed E-state index contributed by atoms with van der Waals surface area (Å²) >= 11 is 0. The molecule has 0 rings (SSSR count). The fourth-order valence-corrected chi connectivity index (χ4v) is 0.596. The normalized spacial score (nSPS) is 8.95. The van der Waals surface area contributed by atoms with Gasteiger partial charge in [-0.2, -0.15) is 0 Å². The molecule has 0 aliphatic rings. The first-order valence-corrected chi connectivity index (χ1v) is 5.07. The van der Waals surface area contributed by atoms with Gasteiger partial charge in [0.05, 0.1) is 51.6 Å². The number of carboxylic acids is 2. The molecule has 0 N–H and O–H groups in total. The van der Waals surface area contributed by atoms with E-state index in [0.29, 0.717) is 26.4 Å². The van der Waals surface area contributed by atoms with Crippen LogP contribution in [0.3, 0.4) is 0 Å². The molecule has 0 amide bonds. The minimum atomic E-state index is -1.20. The molecule has 0 atom stereocenters. The number of hydrogen-bond acceptors (Lipinski definition) is 8. The van der Waals surface area contributed by atoms with Crippen LogP contribution in [0.15, 0.2) is 0 Å². The summed E-state index contributed by atoms with van der Waals surface area (Å²) in [6.45, 7) is 0.697. The van der Waals surface area contributed by atoms with E-state index in [4.69, 9.17) is 0 Å². The summed E-state index contributed by atoms with van der Waals surface area (Å²) in [4.78, 5) is 19.4. The van der Waals surface area contributed by atoms with E-state index in [9.17, 15) is 19.8 Å². The molecule has 0 saturated heterocycles. The molecule has 0 bridgehead atoms. The van der Waals surface area contributed by atoms with E-state index in [1.807, 2.05) is 0 Å². The third kappa shape index (κ3) is 32.0. The van der Waals surface area contributed by atoms with Crippen LogP contribution in [0.2, 0.25) is 0 Å². The zero-order valence-corrected chi connectivity index (χ0v) is 13.4. The van der Waals surface area contributed by atoms with Crippen molar-refractivity contribution in [1.82, 2.24) is 0 Å². The molecule has 0 radical (unpaired) electrons. The van der Waals surface area contributed by atoms with E-state index in [1.165, 1.54) is 14.2 Å². The van der Waals surface area contributed by atoms with Gasteiger partial charge >= 0.3 is 37.7 Å². The molecular weight excluding hydrogens is 288 g/mol. The van der Waals surface area contributed by atoms with Crippen molar-refractivity contribution in [2.45, 2.75) is 0 Å². The fraction of sp³-hybridized carbons (Fsp3) is 0.800. The van der Waals surface area contributed by atoms with E-state index in [1.54, 1.807) is 0 Å². The summed E-state index contributed by atoms with van der Waals surface area (Å²) in [6.07, 6.45) is 0.